The molecule has 1 saturated heterocycles. The molecule has 11 nitrogen and oxygen atoms in total. The molecule has 444 valence electrons. The first kappa shape index (κ1) is 71.9. The number of aliphatic hydroxyl groups excluding tert-OH is 5. The second-order valence-electron chi connectivity index (χ2n) is 21.4. The van der Waals surface area contributed by atoms with E-state index in [4.69, 9.17) is 14.2 Å². The van der Waals surface area contributed by atoms with Gasteiger partial charge in [-0.3, -0.25) is 9.59 Å². The van der Waals surface area contributed by atoms with E-state index in [-0.39, 0.29) is 19.4 Å². The summed E-state index contributed by atoms with van der Waals surface area (Å²) in [5, 5.41) is 57.0. The fourth-order valence-corrected chi connectivity index (χ4v) is 9.26. The van der Waals surface area contributed by atoms with Crippen LogP contribution in [0.25, 0.3) is 0 Å². The van der Waals surface area contributed by atoms with Gasteiger partial charge in [-0.2, -0.15) is 0 Å². The van der Waals surface area contributed by atoms with Crippen molar-refractivity contribution in [3.8, 4) is 0 Å². The van der Waals surface area contributed by atoms with E-state index >= 15 is 0 Å². The second-order valence-corrected chi connectivity index (χ2v) is 21.4. The zero-order valence-corrected chi connectivity index (χ0v) is 49.1. The minimum absolute atomic E-state index is 0.0443. The molecule has 77 heavy (non-hydrogen) atoms. The molecule has 8 atom stereocenters. The molecule has 0 aromatic rings. The van der Waals surface area contributed by atoms with Gasteiger partial charge in [0.2, 0.25) is 5.91 Å². The molecule has 0 bridgehead atoms. The second kappa shape index (κ2) is 53.5. The third kappa shape index (κ3) is 41.5. The largest absolute Gasteiger partial charge is 0.454 e. The van der Waals surface area contributed by atoms with Gasteiger partial charge in [-0.15, -0.1) is 0 Å². The van der Waals surface area contributed by atoms with Gasteiger partial charge in [0, 0.05) is 6.42 Å². The third-order valence-electron chi connectivity index (χ3n) is 14.3. The Morgan fingerprint density at radius 1 is 0.506 bits per heavy atom. The molecule has 0 spiro atoms. The lowest BCUT2D eigenvalue weighted by Gasteiger charge is -2.41. The highest BCUT2D eigenvalue weighted by Gasteiger charge is 2.47. The summed E-state index contributed by atoms with van der Waals surface area (Å²) >= 11 is 0. The maximum Gasteiger partial charge on any atom is 0.306 e. The number of rotatable bonds is 52. The van der Waals surface area contributed by atoms with Crippen molar-refractivity contribution >= 4 is 11.9 Å². The van der Waals surface area contributed by atoms with Crippen LogP contribution in [0.4, 0.5) is 0 Å². The number of hydrogen-bond acceptors (Lipinski definition) is 10. The van der Waals surface area contributed by atoms with Gasteiger partial charge in [0.15, 0.2) is 12.4 Å². The number of hydrogen-bond donors (Lipinski definition) is 6. The van der Waals surface area contributed by atoms with Gasteiger partial charge in [0.25, 0.3) is 0 Å². The molecule has 11 heteroatoms. The Morgan fingerprint density at radius 2 is 0.896 bits per heavy atom. The number of esters is 1. The van der Waals surface area contributed by atoms with Gasteiger partial charge in [-0.25, -0.2) is 0 Å². The molecule has 1 rings (SSSR count). The van der Waals surface area contributed by atoms with E-state index in [0.29, 0.717) is 19.3 Å². The molecule has 0 aromatic heterocycles. The van der Waals surface area contributed by atoms with Crippen molar-refractivity contribution in [2.45, 2.75) is 307 Å². The highest BCUT2D eigenvalue weighted by atomic mass is 16.7. The fraction of sp³-hybridized carbons (Fsp3) is 0.758. The van der Waals surface area contributed by atoms with Crippen molar-refractivity contribution in [2.75, 3.05) is 13.2 Å². The summed E-state index contributed by atoms with van der Waals surface area (Å²) in [6, 6.07) is -1.04. The van der Waals surface area contributed by atoms with E-state index in [2.05, 4.69) is 92.9 Å². The minimum atomic E-state index is -1.64. The number of unbranched alkanes of at least 4 members (excludes halogenated alkanes) is 26. The number of amides is 1. The highest BCUT2D eigenvalue weighted by molar-refractivity contribution is 5.80. The lowest BCUT2D eigenvalue weighted by atomic mass is 9.99. The van der Waals surface area contributed by atoms with Crippen LogP contribution in [-0.4, -0.2) is 99.6 Å². The minimum Gasteiger partial charge on any atom is -0.454 e. The van der Waals surface area contributed by atoms with Crippen molar-refractivity contribution < 1.29 is 49.3 Å². The van der Waals surface area contributed by atoms with E-state index in [0.717, 1.165) is 77.0 Å². The maximum absolute atomic E-state index is 13.4. The van der Waals surface area contributed by atoms with Crippen molar-refractivity contribution in [1.29, 1.82) is 0 Å². The average molecular weight is 1080 g/mol. The molecule has 1 heterocycles. The van der Waals surface area contributed by atoms with Crippen molar-refractivity contribution in [3.63, 3.8) is 0 Å². The van der Waals surface area contributed by atoms with E-state index in [9.17, 15) is 35.1 Å². The number of ether oxygens (including phenoxy) is 3. The van der Waals surface area contributed by atoms with Crippen molar-refractivity contribution in [2.24, 2.45) is 0 Å². The molecule has 6 N–H and O–H groups in total. The Bertz CT molecular complexity index is 1570. The zero-order chi connectivity index (χ0) is 56.1. The maximum atomic E-state index is 13.4. The first-order chi connectivity index (χ1) is 37.7. The molecule has 1 aliphatic heterocycles. The zero-order valence-electron chi connectivity index (χ0n) is 49.1. The van der Waals surface area contributed by atoms with Gasteiger partial charge >= 0.3 is 5.97 Å². The summed E-state index contributed by atoms with van der Waals surface area (Å²) in [5.74, 6) is -1.26. The summed E-state index contributed by atoms with van der Waals surface area (Å²) in [4.78, 5) is 26.5. The summed E-state index contributed by atoms with van der Waals surface area (Å²) in [7, 11) is 0. The summed E-state index contributed by atoms with van der Waals surface area (Å²) < 4.78 is 17.6. The monoisotopic (exact) mass is 1080 g/mol. The van der Waals surface area contributed by atoms with Gasteiger partial charge in [0.05, 0.1) is 25.4 Å². The topological polar surface area (TPSA) is 175 Å². The molecular weight excluding hydrogens is 967 g/mol. The first-order valence-electron chi connectivity index (χ1n) is 31.4. The van der Waals surface area contributed by atoms with Crippen LogP contribution in [0.5, 0.6) is 0 Å². The molecule has 0 saturated carbocycles. The quantitative estimate of drug-likeness (QED) is 0.0195. The van der Waals surface area contributed by atoms with Crippen molar-refractivity contribution in [1.82, 2.24) is 5.32 Å². The van der Waals surface area contributed by atoms with Crippen molar-refractivity contribution in [3.05, 3.63) is 85.1 Å². The third-order valence-corrected chi connectivity index (χ3v) is 14.3. The predicted molar refractivity (Wildman–Crippen MR) is 319 cm³/mol. The standard InChI is InChI=1S/C66H115NO10/c1-4-7-10-13-16-19-22-25-27-29-31-32-35-38-41-44-47-50-53-59(70)65(74)67-57(58(69)52-49-46-43-40-37-34-24-21-18-15-12-9-6-3)56-75-66-64(63(73)62(72)60(55-68)76-66)77-61(71)54-51-48-45-42-39-36-33-30-28-26-23-20-17-14-11-8-5-2/h16-17,19-20,25-28,33,36,42,45,49,52,57-60,62-64,66,68-70,72-73H,4-15,18,21-24,29-32,34-35,37-41,43-44,46-48,50-51,53-56H2,1-3H3,(H,67,74)/b19-16-,20-17-,27-25-,28-26-,36-33-,45-42-,52-49+. The molecule has 0 aliphatic carbocycles. The Hall–Kier alpha value is -3.16. The molecular formula is C66H115NO10. The van der Waals surface area contributed by atoms with Crippen LogP contribution in [0.2, 0.25) is 0 Å². The van der Waals surface area contributed by atoms with Gasteiger partial charge in [-0.05, 0) is 96.3 Å². The Labute approximate surface area is 470 Å². The number of carbonyl (C=O) groups excluding carboxylic acids is 2. The van der Waals surface area contributed by atoms with Crippen LogP contribution < -0.4 is 5.32 Å². The van der Waals surface area contributed by atoms with E-state index in [1.54, 1.807) is 6.08 Å². The number of aliphatic hydroxyl groups is 5. The van der Waals surface area contributed by atoms with Crippen LogP contribution >= 0.6 is 0 Å². The fourth-order valence-electron chi connectivity index (χ4n) is 9.26. The van der Waals surface area contributed by atoms with E-state index in [1.807, 2.05) is 12.2 Å². The smallest absolute Gasteiger partial charge is 0.306 e. The van der Waals surface area contributed by atoms with Gasteiger partial charge in [0.1, 0.15) is 24.4 Å². The van der Waals surface area contributed by atoms with Crippen LogP contribution in [0, 0.1) is 0 Å². The van der Waals surface area contributed by atoms with Crippen LogP contribution in [0.3, 0.4) is 0 Å². The molecule has 1 aliphatic rings. The molecule has 0 radical (unpaired) electrons. The van der Waals surface area contributed by atoms with Crippen LogP contribution in [0.1, 0.15) is 258 Å². The molecule has 8 unspecified atom stereocenters. The summed E-state index contributed by atoms with van der Waals surface area (Å²) in [6.07, 6.45) is 59.0. The summed E-state index contributed by atoms with van der Waals surface area (Å²) in [5.41, 5.74) is 0. The average Bonchev–Trinajstić information content (AvgIpc) is 3.43. The van der Waals surface area contributed by atoms with Gasteiger partial charge < -0.3 is 45.1 Å². The molecule has 0 aromatic carbocycles. The highest BCUT2D eigenvalue weighted by Crippen LogP contribution is 2.26. The van der Waals surface area contributed by atoms with Crippen LogP contribution in [0.15, 0.2) is 85.1 Å². The van der Waals surface area contributed by atoms with Crippen LogP contribution in [-0.2, 0) is 23.8 Å². The van der Waals surface area contributed by atoms with E-state index in [1.165, 1.54) is 128 Å². The number of nitrogens with one attached hydrogen (secondary N) is 1. The Kier molecular flexibility index (Phi) is 49.9. The lowest BCUT2D eigenvalue weighted by molar-refractivity contribution is -0.305. The normalized spacial score (nSPS) is 19.6. The summed E-state index contributed by atoms with van der Waals surface area (Å²) in [6.45, 7) is 5.71. The number of allylic oxidation sites excluding steroid dienone is 13. The first-order valence-corrected chi connectivity index (χ1v) is 31.4. The molecule has 1 amide bonds. The predicted octanol–water partition coefficient (Wildman–Crippen LogP) is 14.9. The SMILES string of the molecule is CCCCC/C=C\C/C=C\C/C=C\C/C=C\CCCC(=O)OC1C(OCC(NC(=O)C(O)CCCCCCCCCC/C=C\C/C=C\CCCCC)C(O)/C=C/CCCCCCCCCCCCC)OC(CO)C(O)C1O. The van der Waals surface area contributed by atoms with E-state index < -0.39 is 67.4 Å². The Balaban J connectivity index is 2.73. The van der Waals surface area contributed by atoms with Gasteiger partial charge in [-0.1, -0.05) is 241 Å². The molecule has 1 fully saturated rings. The number of carbonyl (C=O) groups is 2. The Morgan fingerprint density at radius 3 is 1.36 bits per heavy atom. The lowest BCUT2D eigenvalue weighted by Crippen LogP contribution is -2.61.